The normalized spacial score (nSPS) is 26.5. The molecule has 3 rings (SSSR count). The molecule has 2 N–H and O–H groups in total. The summed E-state index contributed by atoms with van der Waals surface area (Å²) in [4.78, 5) is 36.1. The van der Waals surface area contributed by atoms with E-state index in [4.69, 9.17) is 30.1 Å². The molecule has 0 aliphatic carbocycles. The number of esters is 1. The van der Waals surface area contributed by atoms with Gasteiger partial charge in [-0.2, -0.15) is 0 Å². The average molecular weight is 577 g/mol. The highest BCUT2D eigenvalue weighted by molar-refractivity contribution is 7.54. The van der Waals surface area contributed by atoms with Gasteiger partial charge in [-0.1, -0.05) is 25.1 Å². The fourth-order valence-corrected chi connectivity index (χ4v) is 6.37. The number of ether oxygens (including phenoxy) is 2. The Morgan fingerprint density at radius 2 is 1.89 bits per heavy atom. The van der Waals surface area contributed by atoms with Gasteiger partial charge in [-0.3, -0.25) is 23.7 Å². The molecule has 0 amide bonds. The zero-order valence-electron chi connectivity index (χ0n) is 21.3. The summed E-state index contributed by atoms with van der Waals surface area (Å²) in [7, 11) is -4.13. The van der Waals surface area contributed by atoms with Crippen molar-refractivity contribution in [1.82, 2.24) is 9.55 Å². The lowest BCUT2D eigenvalue weighted by Crippen LogP contribution is -2.47. The van der Waals surface area contributed by atoms with Crippen molar-refractivity contribution in [1.29, 1.82) is 0 Å². The zero-order valence-corrected chi connectivity index (χ0v) is 22.9. The van der Waals surface area contributed by atoms with Crippen LogP contribution in [0.5, 0.6) is 5.75 Å². The Labute approximate surface area is 223 Å². The number of halogens is 2. The lowest BCUT2D eigenvalue weighted by Gasteiger charge is -2.29. The van der Waals surface area contributed by atoms with E-state index in [1.54, 1.807) is 44.2 Å². The number of nitrogens with zero attached hydrogens (tertiary/aromatic N) is 1. The summed E-state index contributed by atoms with van der Waals surface area (Å²) in [5, 5.41) is 10.9. The van der Waals surface area contributed by atoms with E-state index in [0.717, 1.165) is 16.8 Å². The second kappa shape index (κ2) is 12.1. The molecule has 1 unspecified atom stereocenters. The van der Waals surface area contributed by atoms with Crippen molar-refractivity contribution in [2.45, 2.75) is 63.2 Å². The Hall–Kier alpha value is -2.50. The van der Waals surface area contributed by atoms with Crippen LogP contribution in [0, 0.1) is 5.92 Å². The molecular formula is C24H31ClFN2O9P. The number of nitrogens with one attached hydrogen (secondary N) is 1. The minimum Gasteiger partial charge on any atom is -0.463 e. The molecule has 2 aromatic rings. The summed E-state index contributed by atoms with van der Waals surface area (Å²) < 4.78 is 51.4. The predicted octanol–water partition coefficient (Wildman–Crippen LogP) is 3.01. The number of aliphatic hydroxyl groups is 1. The van der Waals surface area contributed by atoms with Crippen LogP contribution in [-0.4, -0.2) is 62.8 Å². The Morgan fingerprint density at radius 3 is 2.47 bits per heavy atom. The van der Waals surface area contributed by atoms with Crippen molar-refractivity contribution >= 4 is 25.2 Å². The van der Waals surface area contributed by atoms with E-state index >= 15 is 0 Å². The Bertz CT molecular complexity index is 1270. The van der Waals surface area contributed by atoms with Crippen molar-refractivity contribution in [2.75, 3.05) is 12.8 Å². The number of alkyl halides is 2. The Balaban J connectivity index is 1.89. The molecule has 1 aliphatic heterocycles. The zero-order chi connectivity index (χ0) is 28.3. The van der Waals surface area contributed by atoms with Crippen molar-refractivity contribution in [3.8, 4) is 5.75 Å². The van der Waals surface area contributed by atoms with Crippen LogP contribution in [-0.2, 0) is 23.4 Å². The number of carbonyl (C=O) groups is 1. The first kappa shape index (κ1) is 30.0. The molecule has 0 spiro atoms. The maximum absolute atomic E-state index is 14.2. The number of aromatic amines is 1. The average Bonchev–Trinajstić information content (AvgIpc) is 3.10. The van der Waals surface area contributed by atoms with Crippen LogP contribution >= 0.6 is 19.2 Å². The summed E-state index contributed by atoms with van der Waals surface area (Å²) in [5.74, 6) is -1.30. The first-order chi connectivity index (χ1) is 17.8. The molecule has 1 fully saturated rings. The molecular weight excluding hydrogens is 546 g/mol. The van der Waals surface area contributed by atoms with E-state index in [1.807, 2.05) is 4.98 Å². The van der Waals surface area contributed by atoms with Gasteiger partial charge in [0.25, 0.3) is 5.56 Å². The van der Waals surface area contributed by atoms with Gasteiger partial charge in [0.1, 0.15) is 29.5 Å². The van der Waals surface area contributed by atoms with Crippen molar-refractivity contribution < 1.29 is 37.4 Å². The topological polar surface area (TPSA) is 146 Å². The standard InChI is InChI=1S/C24H31ClFN2O9P/c1-14(2)34-21(31)15(3)12-38(33,37-17-8-6-5-7-9-17)36-16(4)19-20(30)24(25,13-26)22(35-19)28-11-10-18(29)27-23(28)32/h5-11,14-16,19-20,22,30H,12-13H2,1-4H3,(H,27,29,32)/t15-,16-,19-,20+,22-,24?,38-/m1/s1. The molecule has 11 nitrogen and oxygen atoms in total. The molecule has 0 bridgehead atoms. The minimum absolute atomic E-state index is 0.202. The van der Waals surface area contributed by atoms with Crippen molar-refractivity contribution in [3.05, 3.63) is 63.4 Å². The van der Waals surface area contributed by atoms with Gasteiger partial charge in [-0.05, 0) is 32.9 Å². The molecule has 14 heteroatoms. The molecule has 1 aliphatic rings. The Morgan fingerprint density at radius 1 is 1.24 bits per heavy atom. The maximum Gasteiger partial charge on any atom is 0.380 e. The molecule has 7 atom stereocenters. The van der Waals surface area contributed by atoms with Crippen LogP contribution in [0.2, 0.25) is 0 Å². The van der Waals surface area contributed by atoms with Gasteiger partial charge in [-0.25, -0.2) is 13.8 Å². The van der Waals surface area contributed by atoms with Gasteiger partial charge in [0.2, 0.25) is 0 Å². The van der Waals surface area contributed by atoms with Gasteiger partial charge in [0, 0.05) is 12.3 Å². The van der Waals surface area contributed by atoms with Crippen LogP contribution < -0.4 is 15.8 Å². The fourth-order valence-electron chi connectivity index (χ4n) is 3.99. The SMILES string of the molecule is CC(C)OC(=O)[C@H](C)C[P@](=O)(Oc1ccccc1)O[C@H](C)[C@H]1O[C@@H](n2ccc(=O)[nH]c2=O)C(Cl)(CF)[C@H]1O. The number of aliphatic hydroxyl groups excluding tert-OH is 1. The second-order valence-electron chi connectivity index (χ2n) is 9.37. The first-order valence-corrected chi connectivity index (χ1v) is 14.0. The number of hydrogen-bond acceptors (Lipinski definition) is 9. The molecule has 2 heterocycles. The summed E-state index contributed by atoms with van der Waals surface area (Å²) in [6, 6.07) is 9.13. The molecule has 210 valence electrons. The van der Waals surface area contributed by atoms with Gasteiger partial charge < -0.3 is 19.1 Å². The first-order valence-electron chi connectivity index (χ1n) is 11.9. The number of benzene rings is 1. The van der Waals surface area contributed by atoms with Crippen LogP contribution in [0.3, 0.4) is 0 Å². The highest BCUT2D eigenvalue weighted by Gasteiger charge is 2.59. The predicted molar refractivity (Wildman–Crippen MR) is 136 cm³/mol. The van der Waals surface area contributed by atoms with E-state index in [-0.39, 0.29) is 11.9 Å². The third-order valence-electron chi connectivity index (χ3n) is 5.84. The lowest BCUT2D eigenvalue weighted by molar-refractivity contribution is -0.151. The second-order valence-corrected chi connectivity index (χ2v) is 12.1. The molecule has 1 aromatic heterocycles. The van der Waals surface area contributed by atoms with Crippen LogP contribution in [0.1, 0.15) is 33.9 Å². The maximum atomic E-state index is 14.2. The van der Waals surface area contributed by atoms with Gasteiger partial charge in [0.15, 0.2) is 6.23 Å². The van der Waals surface area contributed by atoms with Crippen molar-refractivity contribution in [3.63, 3.8) is 0 Å². The third-order valence-corrected chi connectivity index (χ3v) is 8.49. The monoisotopic (exact) mass is 576 g/mol. The third kappa shape index (κ3) is 6.73. The number of hydrogen-bond donors (Lipinski definition) is 2. The van der Waals surface area contributed by atoms with Gasteiger partial charge in [0.05, 0.1) is 24.3 Å². The largest absolute Gasteiger partial charge is 0.463 e. The molecule has 1 aromatic carbocycles. The van der Waals surface area contributed by atoms with Crippen LogP contribution in [0.15, 0.2) is 52.2 Å². The van der Waals surface area contributed by atoms with Gasteiger partial charge in [-0.15, -0.1) is 11.6 Å². The summed E-state index contributed by atoms with van der Waals surface area (Å²) in [5.41, 5.74) is -1.62. The summed E-state index contributed by atoms with van der Waals surface area (Å²) >= 11 is 6.41. The van der Waals surface area contributed by atoms with E-state index in [1.165, 1.54) is 13.8 Å². The molecule has 0 saturated carbocycles. The lowest BCUT2D eigenvalue weighted by atomic mass is 9.97. The summed E-state index contributed by atoms with van der Waals surface area (Å²) in [6.07, 6.45) is -5.59. The smallest absolute Gasteiger partial charge is 0.380 e. The highest BCUT2D eigenvalue weighted by Crippen LogP contribution is 2.53. The van der Waals surface area contributed by atoms with Gasteiger partial charge >= 0.3 is 19.3 Å². The van der Waals surface area contributed by atoms with E-state index in [0.29, 0.717) is 0 Å². The van der Waals surface area contributed by atoms with Crippen molar-refractivity contribution in [2.24, 2.45) is 5.92 Å². The van der Waals surface area contributed by atoms with Crippen LogP contribution in [0.25, 0.3) is 0 Å². The number of rotatable bonds is 11. The minimum atomic E-state index is -4.13. The number of carbonyl (C=O) groups excluding carboxylic acids is 1. The van der Waals surface area contributed by atoms with E-state index in [2.05, 4.69) is 0 Å². The molecule has 0 radical (unpaired) electrons. The molecule has 1 saturated heterocycles. The summed E-state index contributed by atoms with van der Waals surface area (Å²) in [6.45, 7) is 4.95. The molecule has 38 heavy (non-hydrogen) atoms. The van der Waals surface area contributed by atoms with Crippen LogP contribution in [0.4, 0.5) is 4.39 Å². The van der Waals surface area contributed by atoms with E-state index in [9.17, 15) is 28.4 Å². The number of H-pyrrole nitrogens is 1. The Kier molecular flexibility index (Phi) is 9.59. The number of para-hydroxylation sites is 1. The highest BCUT2D eigenvalue weighted by atomic mass is 35.5. The van der Waals surface area contributed by atoms with E-state index < -0.39 is 72.9 Å². The fraction of sp³-hybridized carbons (Fsp3) is 0.542. The quantitative estimate of drug-likeness (QED) is 0.234. The number of aromatic nitrogens is 2.